The van der Waals surface area contributed by atoms with Gasteiger partial charge in [0, 0.05) is 28.7 Å². The van der Waals surface area contributed by atoms with Gasteiger partial charge in [-0.3, -0.25) is 4.79 Å². The number of halogens is 1. The molecule has 0 bridgehead atoms. The van der Waals surface area contributed by atoms with Crippen LogP contribution in [0.25, 0.3) is 21.9 Å². The molecule has 0 saturated carbocycles. The first-order valence-electron chi connectivity index (χ1n) is 10.2. The normalized spacial score (nSPS) is 12.3. The molecule has 0 spiro atoms. The lowest BCUT2D eigenvalue weighted by Crippen LogP contribution is -2.24. The van der Waals surface area contributed by atoms with Gasteiger partial charge in [-0.05, 0) is 48.9 Å². The molecule has 0 saturated heterocycles. The lowest BCUT2D eigenvalue weighted by Gasteiger charge is -2.22. The molecule has 2 aromatic carbocycles. The van der Waals surface area contributed by atoms with Crippen molar-refractivity contribution in [1.29, 1.82) is 0 Å². The van der Waals surface area contributed by atoms with Crippen molar-refractivity contribution in [2.75, 3.05) is 0 Å². The van der Waals surface area contributed by atoms with Crippen LogP contribution >= 0.6 is 11.6 Å². The molecule has 0 amide bonds. The van der Waals surface area contributed by atoms with Crippen LogP contribution in [-0.4, -0.2) is 10.9 Å². The van der Waals surface area contributed by atoms with Crippen LogP contribution in [0.4, 0.5) is 0 Å². The van der Waals surface area contributed by atoms with Gasteiger partial charge in [-0.25, -0.2) is 0 Å². The third kappa shape index (κ3) is 4.16. The molecule has 3 aromatic rings. The number of carbonyl (C=O) groups is 1. The molecule has 29 heavy (non-hydrogen) atoms. The van der Waals surface area contributed by atoms with Gasteiger partial charge in [-0.1, -0.05) is 67.6 Å². The lowest BCUT2D eigenvalue weighted by atomic mass is 9.88. The molecular weight excluding hydrogens is 382 g/mol. The van der Waals surface area contributed by atoms with E-state index in [1.165, 1.54) is 0 Å². The van der Waals surface area contributed by atoms with Gasteiger partial charge in [0.25, 0.3) is 5.56 Å². The zero-order valence-corrected chi connectivity index (χ0v) is 18.3. The Morgan fingerprint density at radius 2 is 1.83 bits per heavy atom. The Morgan fingerprint density at radius 3 is 2.48 bits per heavy atom. The summed E-state index contributed by atoms with van der Waals surface area (Å²) >= 11 is 6.45. The monoisotopic (exact) mass is 409 g/mol. The maximum Gasteiger partial charge on any atom is 0.258 e. The summed E-state index contributed by atoms with van der Waals surface area (Å²) in [6.45, 7) is 6.13. The molecule has 0 aliphatic rings. The fraction of sp³-hybridized carbons (Fsp3) is 0.360. The quantitative estimate of drug-likeness (QED) is 0.337. The van der Waals surface area contributed by atoms with Crippen molar-refractivity contribution in [3.05, 3.63) is 68.6 Å². The molecule has 4 heteroatoms. The van der Waals surface area contributed by atoms with Crippen LogP contribution in [0.5, 0.6) is 0 Å². The van der Waals surface area contributed by atoms with E-state index in [0.29, 0.717) is 10.4 Å². The largest absolute Gasteiger partial charge is 0.314 e. The van der Waals surface area contributed by atoms with Crippen LogP contribution < -0.4 is 5.56 Å². The first-order valence-corrected chi connectivity index (χ1v) is 10.6. The minimum absolute atomic E-state index is 0.0701. The number of benzene rings is 2. The number of nitrogens with zero attached hydrogens (tertiary/aromatic N) is 1. The minimum Gasteiger partial charge on any atom is -0.314 e. The van der Waals surface area contributed by atoms with Crippen molar-refractivity contribution >= 4 is 28.7 Å². The molecule has 3 nitrogen and oxygen atoms in total. The number of aromatic nitrogens is 1. The average Bonchev–Trinajstić information content (AvgIpc) is 2.70. The zero-order valence-electron chi connectivity index (χ0n) is 17.6. The van der Waals surface area contributed by atoms with Crippen molar-refractivity contribution in [3.8, 4) is 11.1 Å². The SMILES string of the molecule is CCCCCC(C=O)c1c(-c2ccc(C)c(Cl)c2)c2cc(C)ccc2c(=O)n1C. The molecular formula is C25H28ClNO2. The highest BCUT2D eigenvalue weighted by Crippen LogP contribution is 2.37. The number of hydrogen-bond acceptors (Lipinski definition) is 2. The van der Waals surface area contributed by atoms with Gasteiger partial charge < -0.3 is 9.36 Å². The van der Waals surface area contributed by atoms with E-state index in [1.54, 1.807) is 11.6 Å². The summed E-state index contributed by atoms with van der Waals surface area (Å²) in [6.07, 6.45) is 4.83. The summed E-state index contributed by atoms with van der Waals surface area (Å²) in [5, 5.41) is 2.22. The highest BCUT2D eigenvalue weighted by Gasteiger charge is 2.23. The van der Waals surface area contributed by atoms with Gasteiger partial charge in [-0.15, -0.1) is 0 Å². The van der Waals surface area contributed by atoms with E-state index in [9.17, 15) is 9.59 Å². The Labute approximate surface area is 177 Å². The Bertz CT molecular complexity index is 1110. The van der Waals surface area contributed by atoms with Crippen molar-refractivity contribution in [1.82, 2.24) is 4.57 Å². The maximum atomic E-state index is 13.1. The third-order valence-corrected chi connectivity index (χ3v) is 6.10. The van der Waals surface area contributed by atoms with Crippen LogP contribution in [0, 0.1) is 13.8 Å². The molecule has 0 radical (unpaired) electrons. The smallest absolute Gasteiger partial charge is 0.258 e. The third-order valence-electron chi connectivity index (χ3n) is 5.69. The van der Waals surface area contributed by atoms with E-state index in [4.69, 9.17) is 11.6 Å². The molecule has 1 unspecified atom stereocenters. The van der Waals surface area contributed by atoms with Gasteiger partial charge in [0.05, 0.1) is 5.92 Å². The fourth-order valence-corrected chi connectivity index (χ4v) is 4.20. The zero-order chi connectivity index (χ0) is 21.1. The molecule has 0 aliphatic carbocycles. The van der Waals surface area contributed by atoms with Gasteiger partial charge in [0.1, 0.15) is 6.29 Å². The molecule has 0 N–H and O–H groups in total. The van der Waals surface area contributed by atoms with E-state index >= 15 is 0 Å². The number of carbonyl (C=O) groups excluding carboxylic acids is 1. The second-order valence-electron chi connectivity index (χ2n) is 7.88. The van der Waals surface area contributed by atoms with Crippen LogP contribution in [0.15, 0.2) is 41.2 Å². The van der Waals surface area contributed by atoms with Gasteiger partial charge >= 0.3 is 0 Å². The topological polar surface area (TPSA) is 39.1 Å². The number of rotatable bonds is 7. The van der Waals surface area contributed by atoms with Crippen molar-refractivity contribution < 1.29 is 4.79 Å². The number of aryl methyl sites for hydroxylation is 2. The number of aldehydes is 1. The predicted octanol–water partition coefficient (Wildman–Crippen LogP) is 6.34. The molecule has 1 heterocycles. The number of unbranched alkanes of at least 4 members (excludes halogenated alkanes) is 2. The molecule has 0 fully saturated rings. The van der Waals surface area contributed by atoms with E-state index in [2.05, 4.69) is 6.92 Å². The van der Waals surface area contributed by atoms with Gasteiger partial charge in [0.2, 0.25) is 0 Å². The average molecular weight is 410 g/mol. The lowest BCUT2D eigenvalue weighted by molar-refractivity contribution is -0.109. The molecule has 1 atom stereocenters. The molecule has 152 valence electrons. The second kappa shape index (κ2) is 8.96. The molecule has 0 aliphatic heterocycles. The van der Waals surface area contributed by atoms with Crippen molar-refractivity contribution in [3.63, 3.8) is 0 Å². The van der Waals surface area contributed by atoms with Crippen LogP contribution in [0.2, 0.25) is 5.02 Å². The number of hydrogen-bond donors (Lipinski definition) is 0. The van der Waals surface area contributed by atoms with Crippen LogP contribution in [0.3, 0.4) is 0 Å². The Hall–Kier alpha value is -2.39. The highest BCUT2D eigenvalue weighted by atomic mass is 35.5. The summed E-state index contributed by atoms with van der Waals surface area (Å²) in [6, 6.07) is 11.8. The minimum atomic E-state index is -0.334. The van der Waals surface area contributed by atoms with Gasteiger partial charge in [-0.2, -0.15) is 0 Å². The summed E-state index contributed by atoms with van der Waals surface area (Å²) in [5.41, 5.74) is 4.64. The Morgan fingerprint density at radius 1 is 1.07 bits per heavy atom. The Kier molecular flexibility index (Phi) is 6.59. The fourth-order valence-electron chi connectivity index (χ4n) is 4.02. The van der Waals surface area contributed by atoms with Gasteiger partial charge in [0.15, 0.2) is 0 Å². The Balaban J connectivity index is 2.39. The summed E-state index contributed by atoms with van der Waals surface area (Å²) in [4.78, 5) is 25.3. The van der Waals surface area contributed by atoms with E-state index in [1.807, 2.05) is 50.2 Å². The van der Waals surface area contributed by atoms with Crippen LogP contribution in [-0.2, 0) is 11.8 Å². The maximum absolute atomic E-state index is 13.1. The molecule has 3 rings (SSSR count). The predicted molar refractivity (Wildman–Crippen MR) is 122 cm³/mol. The first-order chi connectivity index (χ1) is 13.9. The summed E-state index contributed by atoms with van der Waals surface area (Å²) in [7, 11) is 1.77. The summed E-state index contributed by atoms with van der Waals surface area (Å²) < 4.78 is 1.66. The van der Waals surface area contributed by atoms with E-state index in [-0.39, 0.29) is 11.5 Å². The number of pyridine rings is 1. The van der Waals surface area contributed by atoms with Crippen molar-refractivity contribution in [2.24, 2.45) is 7.05 Å². The second-order valence-corrected chi connectivity index (χ2v) is 8.28. The van der Waals surface area contributed by atoms with Crippen LogP contribution in [0.1, 0.15) is 55.3 Å². The summed E-state index contributed by atoms with van der Waals surface area (Å²) in [5.74, 6) is -0.334. The number of fused-ring (bicyclic) bond motifs is 1. The van der Waals surface area contributed by atoms with Crippen molar-refractivity contribution in [2.45, 2.75) is 52.4 Å². The molecule has 1 aromatic heterocycles. The van der Waals surface area contributed by atoms with E-state index in [0.717, 1.165) is 65.3 Å². The first kappa shape index (κ1) is 21.3. The standard InChI is InChI=1S/C25H28ClNO2/c1-5-6-7-8-19(15-28)24-23(18-11-10-17(3)22(26)14-18)21-13-16(2)9-12-20(21)25(29)27(24)4/h9-15,19H,5-8H2,1-4H3. The highest BCUT2D eigenvalue weighted by molar-refractivity contribution is 6.31. The van der Waals surface area contributed by atoms with E-state index < -0.39 is 0 Å².